The predicted molar refractivity (Wildman–Crippen MR) is 169 cm³/mol. The number of carbonyl (C=O) groups excluding carboxylic acids is 1. The fourth-order valence-corrected chi connectivity index (χ4v) is 5.71. The Bertz CT molecular complexity index is 2250. The molecule has 1 atom stereocenters. The molecule has 6 rings (SSSR count). The minimum atomic E-state index is -3.83. The van der Waals surface area contributed by atoms with Gasteiger partial charge in [-0.05, 0) is 66.2 Å². The van der Waals surface area contributed by atoms with Crippen LogP contribution in [0, 0.1) is 11.6 Å². The number of anilines is 1. The second-order valence-electron chi connectivity index (χ2n) is 10.5. The number of oxazole rings is 1. The molecule has 0 aliphatic carbocycles. The Morgan fingerprint density at radius 3 is 2.35 bits per heavy atom. The summed E-state index contributed by atoms with van der Waals surface area (Å²) < 4.78 is 72.1. The number of rotatable bonds is 8. The van der Waals surface area contributed by atoms with E-state index >= 15 is 0 Å². The molecule has 10 nitrogen and oxygen atoms in total. The molecule has 0 saturated carbocycles. The molecule has 2 N–H and O–H groups in total. The van der Waals surface area contributed by atoms with Crippen LogP contribution in [-0.2, 0) is 14.8 Å². The van der Waals surface area contributed by atoms with Gasteiger partial charge in [-0.1, -0.05) is 6.07 Å². The van der Waals surface area contributed by atoms with Crippen LogP contribution >= 0.6 is 0 Å². The molecule has 236 valence electrons. The number of halogens is 2. The Labute approximate surface area is 261 Å². The van der Waals surface area contributed by atoms with Gasteiger partial charge >= 0.3 is 0 Å². The molecule has 0 radical (unpaired) electrons. The number of amides is 1. The third kappa shape index (κ3) is 5.49. The van der Waals surface area contributed by atoms with E-state index in [0.717, 1.165) is 10.6 Å². The van der Waals surface area contributed by atoms with E-state index in [-0.39, 0.29) is 45.1 Å². The third-order valence-corrected chi connectivity index (χ3v) is 8.79. The van der Waals surface area contributed by atoms with Crippen molar-refractivity contribution in [3.8, 4) is 33.9 Å². The first-order chi connectivity index (χ1) is 21.9. The van der Waals surface area contributed by atoms with Crippen molar-refractivity contribution in [3.05, 3.63) is 95.6 Å². The summed E-state index contributed by atoms with van der Waals surface area (Å²) in [5, 5.41) is 13.6. The van der Waals surface area contributed by atoms with Gasteiger partial charge in [0, 0.05) is 54.9 Å². The van der Waals surface area contributed by atoms with Crippen molar-refractivity contribution < 1.29 is 40.7 Å². The van der Waals surface area contributed by atoms with E-state index in [0.29, 0.717) is 27.6 Å². The standard InChI is InChI=1S/C33H27F2N3O7S/c1-36-31(39)28-23-15-22(25(38(2)46(4,41)42)16-27(23)44-30(28)17-8-10-21(34)11-9-17)18-12-19(14-20(13-18)33(40)43-3)32-37-29-24(35)6-5-7-26(29)45-32/h5-16,33,40H,1-4H3,(H,36,39). The summed E-state index contributed by atoms with van der Waals surface area (Å²) in [6.45, 7) is 0. The van der Waals surface area contributed by atoms with E-state index in [9.17, 15) is 27.1 Å². The van der Waals surface area contributed by atoms with Crippen LogP contribution in [0.1, 0.15) is 22.2 Å². The fraction of sp³-hybridized carbons (Fsp3) is 0.152. The lowest BCUT2D eigenvalue weighted by Crippen LogP contribution is -2.25. The molecule has 4 aromatic carbocycles. The number of methoxy groups -OCH3 is 1. The summed E-state index contributed by atoms with van der Waals surface area (Å²) in [6, 6.07) is 17.6. The predicted octanol–water partition coefficient (Wildman–Crippen LogP) is 6.25. The van der Waals surface area contributed by atoms with Crippen molar-refractivity contribution in [3.63, 3.8) is 0 Å². The van der Waals surface area contributed by atoms with Crippen LogP contribution in [-0.4, -0.2) is 51.9 Å². The average molecular weight is 648 g/mol. The molecule has 46 heavy (non-hydrogen) atoms. The van der Waals surface area contributed by atoms with E-state index in [4.69, 9.17) is 13.6 Å². The molecular weight excluding hydrogens is 620 g/mol. The molecule has 1 amide bonds. The van der Waals surface area contributed by atoms with E-state index in [1.807, 2.05) is 0 Å². The zero-order valence-corrected chi connectivity index (χ0v) is 25.8. The summed E-state index contributed by atoms with van der Waals surface area (Å²) in [6.07, 6.45) is -0.369. The van der Waals surface area contributed by atoms with Crippen LogP contribution in [0.4, 0.5) is 14.5 Å². The van der Waals surface area contributed by atoms with Crippen molar-refractivity contribution in [1.29, 1.82) is 0 Å². The number of hydrogen-bond acceptors (Lipinski definition) is 8. The largest absolute Gasteiger partial charge is 0.455 e. The summed E-state index contributed by atoms with van der Waals surface area (Å²) >= 11 is 0. The summed E-state index contributed by atoms with van der Waals surface area (Å²) in [5.74, 6) is -1.36. The average Bonchev–Trinajstić information content (AvgIpc) is 3.65. The number of aliphatic hydroxyl groups is 1. The molecule has 13 heteroatoms. The lowest BCUT2D eigenvalue weighted by atomic mass is 9.95. The number of carbonyl (C=O) groups is 1. The van der Waals surface area contributed by atoms with Gasteiger partial charge in [0.05, 0.1) is 17.5 Å². The van der Waals surface area contributed by atoms with Crippen LogP contribution in [0.2, 0.25) is 0 Å². The zero-order chi connectivity index (χ0) is 32.9. The highest BCUT2D eigenvalue weighted by atomic mass is 32.2. The van der Waals surface area contributed by atoms with E-state index in [2.05, 4.69) is 10.3 Å². The Balaban J connectivity index is 1.67. The molecule has 0 saturated heterocycles. The molecule has 0 aliphatic rings. The maximum absolute atomic E-state index is 14.5. The smallest absolute Gasteiger partial charge is 0.255 e. The van der Waals surface area contributed by atoms with Gasteiger partial charge < -0.3 is 24.0 Å². The molecule has 6 aromatic rings. The molecule has 2 heterocycles. The molecule has 0 spiro atoms. The number of furan rings is 1. The van der Waals surface area contributed by atoms with Crippen molar-refractivity contribution >= 4 is 43.7 Å². The molecule has 0 bridgehead atoms. The van der Waals surface area contributed by atoms with Crippen molar-refractivity contribution in [1.82, 2.24) is 10.3 Å². The number of aliphatic hydroxyl groups excluding tert-OH is 1. The second kappa shape index (κ2) is 11.7. The van der Waals surface area contributed by atoms with Crippen LogP contribution in [0.3, 0.4) is 0 Å². The normalized spacial score (nSPS) is 12.5. The molecule has 2 aromatic heterocycles. The minimum Gasteiger partial charge on any atom is -0.455 e. The fourth-order valence-electron chi connectivity index (χ4n) is 5.21. The van der Waals surface area contributed by atoms with Crippen LogP contribution in [0.5, 0.6) is 0 Å². The number of hydrogen-bond donors (Lipinski definition) is 2. The van der Waals surface area contributed by atoms with Gasteiger partial charge in [0.2, 0.25) is 15.9 Å². The van der Waals surface area contributed by atoms with Crippen molar-refractivity contribution in [2.24, 2.45) is 0 Å². The lowest BCUT2D eigenvalue weighted by molar-refractivity contribution is -0.0768. The highest BCUT2D eigenvalue weighted by Crippen LogP contribution is 2.43. The number of nitrogens with one attached hydrogen (secondary N) is 1. The molecule has 0 aliphatic heterocycles. The Morgan fingerprint density at radius 1 is 0.978 bits per heavy atom. The van der Waals surface area contributed by atoms with Gasteiger partial charge in [0.25, 0.3) is 5.91 Å². The van der Waals surface area contributed by atoms with Crippen molar-refractivity contribution in [2.45, 2.75) is 6.29 Å². The van der Waals surface area contributed by atoms with Crippen LogP contribution in [0.25, 0.3) is 56.0 Å². The third-order valence-electron chi connectivity index (χ3n) is 7.60. The highest BCUT2D eigenvalue weighted by Gasteiger charge is 2.27. The van der Waals surface area contributed by atoms with Gasteiger partial charge in [-0.2, -0.15) is 0 Å². The number of aromatic nitrogens is 1. The maximum Gasteiger partial charge on any atom is 0.255 e. The number of sulfonamides is 1. The summed E-state index contributed by atoms with van der Waals surface area (Å²) in [7, 11) is 0.291. The molecule has 0 fully saturated rings. The molecule has 1 unspecified atom stereocenters. The first-order valence-corrected chi connectivity index (χ1v) is 15.7. The minimum absolute atomic E-state index is 0.0117. The lowest BCUT2D eigenvalue weighted by Gasteiger charge is -2.21. The van der Waals surface area contributed by atoms with Gasteiger partial charge in [0.15, 0.2) is 17.7 Å². The van der Waals surface area contributed by atoms with Gasteiger partial charge in [-0.3, -0.25) is 9.10 Å². The summed E-state index contributed by atoms with van der Waals surface area (Å²) in [4.78, 5) is 17.6. The van der Waals surface area contributed by atoms with Crippen LogP contribution in [0.15, 0.2) is 81.6 Å². The summed E-state index contributed by atoms with van der Waals surface area (Å²) in [5.41, 5.74) is 2.44. The van der Waals surface area contributed by atoms with Crippen LogP contribution < -0.4 is 9.62 Å². The monoisotopic (exact) mass is 647 g/mol. The van der Waals surface area contributed by atoms with Gasteiger partial charge in [0.1, 0.15) is 22.7 Å². The topological polar surface area (TPSA) is 135 Å². The Kier molecular flexibility index (Phi) is 7.84. The SMILES string of the molecule is CNC(=O)c1c(-c2ccc(F)cc2)oc2cc(N(C)S(C)(=O)=O)c(-c3cc(-c4nc5c(F)cccc5o4)cc(C(O)OC)c3)cc12. The Hall–Kier alpha value is -5.11. The quantitative estimate of drug-likeness (QED) is 0.185. The molecular formula is C33H27F2N3O7S. The first-order valence-electron chi connectivity index (χ1n) is 13.8. The van der Waals surface area contributed by atoms with Crippen molar-refractivity contribution in [2.75, 3.05) is 31.8 Å². The number of ether oxygens (including phenoxy) is 1. The number of benzene rings is 4. The van der Waals surface area contributed by atoms with E-state index in [1.165, 1.54) is 63.7 Å². The Morgan fingerprint density at radius 2 is 1.70 bits per heavy atom. The van der Waals surface area contributed by atoms with E-state index in [1.54, 1.807) is 30.3 Å². The number of para-hydroxylation sites is 1. The second-order valence-corrected chi connectivity index (χ2v) is 12.5. The number of nitrogens with zero attached hydrogens (tertiary/aromatic N) is 2. The maximum atomic E-state index is 14.5. The van der Waals surface area contributed by atoms with E-state index < -0.39 is 33.9 Å². The number of fused-ring (bicyclic) bond motifs is 2. The van der Waals surface area contributed by atoms with Gasteiger partial charge in [-0.15, -0.1) is 0 Å². The zero-order valence-electron chi connectivity index (χ0n) is 25.0. The van der Waals surface area contributed by atoms with Gasteiger partial charge in [-0.25, -0.2) is 22.2 Å². The highest BCUT2D eigenvalue weighted by molar-refractivity contribution is 7.92. The first kappa shape index (κ1) is 30.9.